The van der Waals surface area contributed by atoms with Gasteiger partial charge in [-0.25, -0.2) is 0 Å². The van der Waals surface area contributed by atoms with Crippen LogP contribution < -0.4 is 0 Å². The molecule has 0 radical (unpaired) electrons. The van der Waals surface area contributed by atoms with Crippen LogP contribution in [0.15, 0.2) is 53.4 Å². The first-order valence-electron chi connectivity index (χ1n) is 5.59. The van der Waals surface area contributed by atoms with E-state index in [4.69, 9.17) is 0 Å². The maximum absolute atomic E-state index is 10.7. The van der Waals surface area contributed by atoms with Crippen LogP contribution in [-0.2, 0) is 5.60 Å². The molecule has 0 amide bonds. The van der Waals surface area contributed by atoms with Crippen LogP contribution in [0.1, 0.15) is 23.6 Å². The minimum atomic E-state index is -0.981. The summed E-state index contributed by atoms with van der Waals surface area (Å²) >= 11 is 4.31. The van der Waals surface area contributed by atoms with Gasteiger partial charge in [0, 0.05) is 4.90 Å². The molecule has 0 saturated heterocycles. The van der Waals surface area contributed by atoms with Crippen molar-refractivity contribution in [1.29, 1.82) is 0 Å². The molecule has 1 atom stereocenters. The molecule has 2 aromatic rings. The Bertz CT molecular complexity index is 484. The van der Waals surface area contributed by atoms with Gasteiger partial charge < -0.3 is 5.11 Å². The smallest absolute Gasteiger partial charge is 0.112 e. The minimum absolute atomic E-state index is 0.857. The highest BCUT2D eigenvalue weighted by Gasteiger charge is 2.25. The number of hydrogen-bond donors (Lipinski definition) is 2. The van der Waals surface area contributed by atoms with Gasteiger partial charge in [0.2, 0.25) is 0 Å². The molecule has 0 aromatic heterocycles. The largest absolute Gasteiger partial charge is 0.381 e. The van der Waals surface area contributed by atoms with Crippen molar-refractivity contribution in [3.05, 3.63) is 65.2 Å². The van der Waals surface area contributed by atoms with Gasteiger partial charge in [-0.2, -0.15) is 0 Å². The van der Waals surface area contributed by atoms with Crippen LogP contribution in [0.3, 0.4) is 0 Å². The lowest BCUT2D eigenvalue weighted by molar-refractivity contribution is 0.102. The van der Waals surface area contributed by atoms with Gasteiger partial charge in [-0.1, -0.05) is 42.0 Å². The average molecular weight is 244 g/mol. The topological polar surface area (TPSA) is 20.2 Å². The molecule has 0 aliphatic heterocycles. The predicted molar refractivity (Wildman–Crippen MR) is 73.5 cm³/mol. The van der Waals surface area contributed by atoms with Crippen LogP contribution in [0.5, 0.6) is 0 Å². The third-order valence-corrected chi connectivity index (χ3v) is 3.27. The molecular weight excluding hydrogens is 228 g/mol. The van der Waals surface area contributed by atoms with Crippen molar-refractivity contribution in [2.75, 3.05) is 0 Å². The molecule has 0 heterocycles. The average Bonchev–Trinajstić information content (AvgIpc) is 2.29. The molecule has 17 heavy (non-hydrogen) atoms. The second-order valence-electron chi connectivity index (χ2n) is 4.49. The van der Waals surface area contributed by atoms with Crippen LogP contribution in [0, 0.1) is 6.92 Å². The highest BCUT2D eigenvalue weighted by Crippen LogP contribution is 2.30. The number of aliphatic hydroxyl groups is 1. The van der Waals surface area contributed by atoms with Gasteiger partial charge in [-0.15, -0.1) is 12.6 Å². The Morgan fingerprint density at radius 3 is 2.18 bits per heavy atom. The Balaban J connectivity index is 2.49. The molecule has 0 aliphatic rings. The van der Waals surface area contributed by atoms with E-state index < -0.39 is 5.60 Å². The molecule has 0 spiro atoms. The summed E-state index contributed by atoms with van der Waals surface area (Å²) in [6.45, 7) is 3.83. The summed E-state index contributed by atoms with van der Waals surface area (Å²) in [5.41, 5.74) is 1.92. The molecule has 0 saturated carbocycles. The monoisotopic (exact) mass is 244 g/mol. The van der Waals surface area contributed by atoms with Gasteiger partial charge in [-0.3, -0.25) is 0 Å². The summed E-state index contributed by atoms with van der Waals surface area (Å²) in [7, 11) is 0. The van der Waals surface area contributed by atoms with Crippen molar-refractivity contribution in [3.63, 3.8) is 0 Å². The van der Waals surface area contributed by atoms with Crippen molar-refractivity contribution < 1.29 is 5.11 Å². The number of benzene rings is 2. The van der Waals surface area contributed by atoms with Crippen molar-refractivity contribution in [2.24, 2.45) is 0 Å². The minimum Gasteiger partial charge on any atom is -0.381 e. The fourth-order valence-corrected chi connectivity index (χ4v) is 2.15. The molecule has 2 aromatic carbocycles. The fraction of sp³-hybridized carbons (Fsp3) is 0.200. The number of aryl methyl sites for hydroxylation is 1. The van der Waals surface area contributed by atoms with Crippen LogP contribution in [0.4, 0.5) is 0 Å². The van der Waals surface area contributed by atoms with Crippen LogP contribution >= 0.6 is 12.6 Å². The van der Waals surface area contributed by atoms with E-state index in [9.17, 15) is 5.11 Å². The van der Waals surface area contributed by atoms with Crippen molar-refractivity contribution in [1.82, 2.24) is 0 Å². The maximum Gasteiger partial charge on any atom is 0.112 e. The first-order valence-corrected chi connectivity index (χ1v) is 6.04. The van der Waals surface area contributed by atoms with Gasteiger partial charge in [0.15, 0.2) is 0 Å². The second kappa shape index (κ2) is 4.55. The molecule has 0 aliphatic carbocycles. The number of hydrogen-bond acceptors (Lipinski definition) is 2. The molecule has 2 rings (SSSR count). The Morgan fingerprint density at radius 1 is 1.00 bits per heavy atom. The van der Waals surface area contributed by atoms with Crippen molar-refractivity contribution >= 4 is 12.6 Å². The zero-order chi connectivity index (χ0) is 12.5. The normalized spacial score (nSPS) is 14.4. The van der Waals surface area contributed by atoms with Crippen LogP contribution in [0.2, 0.25) is 0 Å². The van der Waals surface area contributed by atoms with E-state index in [0.717, 1.165) is 21.6 Å². The molecule has 0 bridgehead atoms. The summed E-state index contributed by atoms with van der Waals surface area (Å²) in [6.07, 6.45) is 0. The van der Waals surface area contributed by atoms with Crippen molar-refractivity contribution in [2.45, 2.75) is 24.3 Å². The molecule has 1 N–H and O–H groups in total. The van der Waals surface area contributed by atoms with Gasteiger partial charge in [0.1, 0.15) is 5.60 Å². The Hall–Kier alpha value is -1.25. The zero-order valence-corrected chi connectivity index (χ0v) is 10.9. The fourth-order valence-electron chi connectivity index (χ4n) is 1.92. The van der Waals surface area contributed by atoms with E-state index >= 15 is 0 Å². The summed E-state index contributed by atoms with van der Waals surface area (Å²) in [6, 6.07) is 15.6. The highest BCUT2D eigenvalue weighted by molar-refractivity contribution is 7.80. The molecular formula is C15H16OS. The maximum atomic E-state index is 10.7. The van der Waals surface area contributed by atoms with E-state index in [2.05, 4.69) is 12.6 Å². The lowest BCUT2D eigenvalue weighted by atomic mass is 9.87. The van der Waals surface area contributed by atoms with Crippen molar-refractivity contribution in [3.8, 4) is 0 Å². The third kappa shape index (κ3) is 2.54. The number of rotatable bonds is 2. The number of thiol groups is 1. The third-order valence-electron chi connectivity index (χ3n) is 2.99. The summed E-state index contributed by atoms with van der Waals surface area (Å²) in [4.78, 5) is 0.857. The second-order valence-corrected chi connectivity index (χ2v) is 5.01. The van der Waals surface area contributed by atoms with Gasteiger partial charge in [0.25, 0.3) is 0 Å². The highest BCUT2D eigenvalue weighted by atomic mass is 32.1. The quantitative estimate of drug-likeness (QED) is 0.774. The van der Waals surface area contributed by atoms with E-state index in [1.54, 1.807) is 0 Å². The van der Waals surface area contributed by atoms with Gasteiger partial charge in [0.05, 0.1) is 0 Å². The predicted octanol–water partition coefficient (Wildman–Crippen LogP) is 3.54. The Kier molecular flexibility index (Phi) is 3.27. The summed E-state index contributed by atoms with van der Waals surface area (Å²) < 4.78 is 0. The van der Waals surface area contributed by atoms with Crippen LogP contribution in [0.25, 0.3) is 0 Å². The first-order chi connectivity index (χ1) is 8.00. The summed E-state index contributed by atoms with van der Waals surface area (Å²) in [5, 5.41) is 10.7. The van der Waals surface area contributed by atoms with Crippen LogP contribution in [-0.4, -0.2) is 5.11 Å². The zero-order valence-electron chi connectivity index (χ0n) is 10.0. The molecule has 1 nitrogen and oxygen atoms in total. The summed E-state index contributed by atoms with van der Waals surface area (Å²) in [5.74, 6) is 0. The Labute approximate surface area is 108 Å². The molecule has 0 fully saturated rings. The van der Waals surface area contributed by atoms with E-state index in [-0.39, 0.29) is 0 Å². The first kappa shape index (κ1) is 12.2. The lowest BCUT2D eigenvalue weighted by Crippen LogP contribution is -2.22. The standard InChI is InChI=1S/C15H16OS/c1-11-5-3-6-12(9-11)15(2,16)13-7-4-8-14(17)10-13/h3-10,16-17H,1-2H3. The van der Waals surface area contributed by atoms with E-state index in [0.29, 0.717) is 0 Å². The lowest BCUT2D eigenvalue weighted by Gasteiger charge is -2.25. The van der Waals surface area contributed by atoms with E-state index in [1.165, 1.54) is 0 Å². The molecule has 2 heteroatoms. The SMILES string of the molecule is Cc1cccc(C(C)(O)c2cccc(S)c2)c1. The Morgan fingerprint density at radius 2 is 1.59 bits per heavy atom. The molecule has 1 unspecified atom stereocenters. The molecule has 88 valence electrons. The van der Waals surface area contributed by atoms with Gasteiger partial charge >= 0.3 is 0 Å². The van der Waals surface area contributed by atoms with Gasteiger partial charge in [-0.05, 0) is 37.1 Å². The van der Waals surface area contributed by atoms with E-state index in [1.807, 2.05) is 62.4 Å².